The average Bonchev–Trinajstić information content (AvgIpc) is 3.31. The van der Waals surface area contributed by atoms with Crippen molar-refractivity contribution in [1.29, 1.82) is 0 Å². The van der Waals surface area contributed by atoms with Crippen molar-refractivity contribution in [3.8, 4) is 17.2 Å². The minimum atomic E-state index is -2.31. The van der Waals surface area contributed by atoms with Crippen LogP contribution in [0, 0.1) is 47.3 Å². The highest BCUT2D eigenvalue weighted by atomic mass is 31.2. The standard InChI is InChI=1S/C33H48O8P2.C9H18.C8H16.2C2H6/c1-21(2)25-11-7-9-13-29(25)38-42(35)39-30-14-10-8-12-27(30)33(34)28-18-16-24(37-6)20-32(28)41-43(36)40-31-19-23(5)15-17-26(31)22(3)4;1-8(2)9-6-4-3-5-7-9;1-2-8-6-4-3-5-7-8;2*1-2/h8,10,12,14,16,18,20-23,25-26,29,31,35-36H,7,9,11,13,15,17,19H2,1-6H3;8-9H,3-7H2,1-2H3;8H,2-7H2,1H3;2*1-2H3/t23?,25-,26?,29?,31?,42?,43?;;;;/m0..../s1. The van der Waals surface area contributed by atoms with Gasteiger partial charge < -0.3 is 23.6 Å². The molecule has 0 saturated heterocycles. The average molecular weight is 933 g/mol. The first-order valence-electron chi connectivity index (χ1n) is 25.8. The highest BCUT2D eigenvalue weighted by molar-refractivity contribution is 7.41. The van der Waals surface area contributed by atoms with Crippen LogP contribution >= 0.6 is 17.2 Å². The lowest BCUT2D eigenvalue weighted by Gasteiger charge is -2.37. The molecule has 4 aliphatic rings. The molecular weight excluding hydrogens is 839 g/mol. The molecule has 2 aromatic carbocycles. The highest BCUT2D eigenvalue weighted by Crippen LogP contribution is 2.47. The Bertz CT molecular complexity index is 1510. The van der Waals surface area contributed by atoms with Gasteiger partial charge in [-0.3, -0.25) is 13.8 Å². The van der Waals surface area contributed by atoms with Crippen LogP contribution in [0.5, 0.6) is 17.2 Å². The van der Waals surface area contributed by atoms with E-state index in [4.69, 9.17) is 22.8 Å². The number of para-hydroxylation sites is 1. The number of rotatable bonds is 15. The number of methoxy groups -OCH3 is 1. The molecule has 0 amide bonds. The van der Waals surface area contributed by atoms with Gasteiger partial charge in [-0.25, -0.2) is 0 Å². The zero-order chi connectivity index (χ0) is 47.6. The van der Waals surface area contributed by atoms with E-state index < -0.39 is 17.2 Å². The second kappa shape index (κ2) is 32.8. The van der Waals surface area contributed by atoms with Crippen LogP contribution in [-0.2, 0) is 9.05 Å². The molecule has 0 aliphatic heterocycles. The molecule has 2 N–H and O–H groups in total. The van der Waals surface area contributed by atoms with Crippen molar-refractivity contribution in [2.75, 3.05) is 7.11 Å². The maximum atomic E-state index is 13.9. The zero-order valence-electron chi connectivity index (χ0n) is 42.8. The Kier molecular flexibility index (Phi) is 29.9. The van der Waals surface area contributed by atoms with E-state index in [0.29, 0.717) is 35.3 Å². The molecule has 0 bridgehead atoms. The quantitative estimate of drug-likeness (QED) is 0.134. The van der Waals surface area contributed by atoms with E-state index in [2.05, 4.69) is 55.4 Å². The number of hydrogen-bond donors (Lipinski definition) is 2. The predicted octanol–water partition coefficient (Wildman–Crippen LogP) is 17.1. The summed E-state index contributed by atoms with van der Waals surface area (Å²) in [5.74, 6) is 5.59. The van der Waals surface area contributed by atoms with Crippen molar-refractivity contribution in [3.05, 3.63) is 53.6 Å². The molecule has 64 heavy (non-hydrogen) atoms. The Morgan fingerprint density at radius 2 is 1.14 bits per heavy atom. The summed E-state index contributed by atoms with van der Waals surface area (Å²) in [6.07, 6.45) is 23.4. The molecule has 368 valence electrons. The van der Waals surface area contributed by atoms with Gasteiger partial charge in [0.1, 0.15) is 17.2 Å². The summed E-state index contributed by atoms with van der Waals surface area (Å²) in [5.41, 5.74) is 0.464. The summed E-state index contributed by atoms with van der Waals surface area (Å²) in [5, 5.41) is 0. The maximum Gasteiger partial charge on any atom is 0.394 e. The topological polar surface area (TPSA) is 104 Å². The van der Waals surface area contributed by atoms with Crippen LogP contribution in [0.1, 0.15) is 215 Å². The highest BCUT2D eigenvalue weighted by Gasteiger charge is 2.35. The molecule has 2 aromatic rings. The monoisotopic (exact) mass is 933 g/mol. The molecule has 10 heteroatoms. The molecule has 4 saturated carbocycles. The maximum absolute atomic E-state index is 13.9. The third-order valence-corrected chi connectivity index (χ3v) is 15.4. The summed E-state index contributed by atoms with van der Waals surface area (Å²) in [6, 6.07) is 11.6. The van der Waals surface area contributed by atoms with E-state index in [1.807, 2.05) is 27.7 Å². The lowest BCUT2D eigenvalue weighted by atomic mass is 9.75. The summed E-state index contributed by atoms with van der Waals surface area (Å²) in [7, 11) is -3.04. The van der Waals surface area contributed by atoms with Crippen molar-refractivity contribution in [2.24, 2.45) is 47.3 Å². The lowest BCUT2D eigenvalue weighted by Crippen LogP contribution is -2.33. The van der Waals surface area contributed by atoms with Crippen molar-refractivity contribution in [3.63, 3.8) is 0 Å². The minimum absolute atomic E-state index is 0.0828. The number of carbonyl (C=O) groups is 1. The fraction of sp³-hybridized carbons (Fsp3) is 0.759. The largest absolute Gasteiger partial charge is 0.497 e. The van der Waals surface area contributed by atoms with E-state index in [1.165, 1.54) is 77.7 Å². The molecular formula is C54H94O8P2. The van der Waals surface area contributed by atoms with Gasteiger partial charge >= 0.3 is 17.2 Å². The summed E-state index contributed by atoms with van der Waals surface area (Å²) in [6.45, 7) is 25.9. The van der Waals surface area contributed by atoms with Crippen LogP contribution in [0.15, 0.2) is 42.5 Å². The second-order valence-electron chi connectivity index (χ2n) is 19.2. The van der Waals surface area contributed by atoms with Crippen molar-refractivity contribution in [2.45, 2.75) is 211 Å². The van der Waals surface area contributed by atoms with Crippen LogP contribution in [-0.4, -0.2) is 34.9 Å². The smallest absolute Gasteiger partial charge is 0.394 e. The fourth-order valence-electron chi connectivity index (χ4n) is 9.87. The first-order chi connectivity index (χ1) is 30.8. The molecule has 4 fully saturated rings. The van der Waals surface area contributed by atoms with Gasteiger partial charge in [-0.15, -0.1) is 0 Å². The van der Waals surface area contributed by atoms with E-state index in [1.54, 1.807) is 42.5 Å². The summed E-state index contributed by atoms with van der Waals surface area (Å²) in [4.78, 5) is 35.7. The molecule has 6 unspecified atom stereocenters. The number of hydrogen-bond acceptors (Lipinski definition) is 8. The van der Waals surface area contributed by atoms with Crippen molar-refractivity contribution in [1.82, 2.24) is 0 Å². The van der Waals surface area contributed by atoms with Gasteiger partial charge in [-0.1, -0.05) is 185 Å². The Labute approximate surface area is 395 Å². The normalized spacial score (nSPS) is 23.7. The number of carbonyl (C=O) groups excluding carboxylic acids is 1. The Balaban J connectivity index is 0.000000548. The van der Waals surface area contributed by atoms with Gasteiger partial charge in [0.05, 0.1) is 30.4 Å². The lowest BCUT2D eigenvalue weighted by molar-refractivity contribution is 0.0382. The van der Waals surface area contributed by atoms with Crippen molar-refractivity contribution >= 4 is 23.0 Å². The third-order valence-electron chi connectivity index (χ3n) is 13.8. The molecule has 8 nitrogen and oxygen atoms in total. The number of benzene rings is 2. The van der Waals surface area contributed by atoms with Gasteiger partial charge in [0, 0.05) is 6.07 Å². The van der Waals surface area contributed by atoms with Crippen LogP contribution in [0.2, 0.25) is 0 Å². The van der Waals surface area contributed by atoms with E-state index in [-0.39, 0.29) is 40.6 Å². The van der Waals surface area contributed by atoms with Gasteiger partial charge in [0.15, 0.2) is 0 Å². The van der Waals surface area contributed by atoms with Gasteiger partial charge in [-0.05, 0) is 97.3 Å². The van der Waals surface area contributed by atoms with Crippen molar-refractivity contribution < 1.29 is 37.4 Å². The Morgan fingerprint density at radius 3 is 1.69 bits per heavy atom. The second-order valence-corrected chi connectivity index (χ2v) is 20.9. The van der Waals surface area contributed by atoms with Crippen LogP contribution in [0.4, 0.5) is 0 Å². The predicted molar refractivity (Wildman–Crippen MR) is 271 cm³/mol. The molecule has 4 aliphatic carbocycles. The van der Waals surface area contributed by atoms with E-state index in [0.717, 1.165) is 62.7 Å². The first-order valence-corrected chi connectivity index (χ1v) is 28.1. The molecule has 0 radical (unpaired) electrons. The van der Waals surface area contributed by atoms with Crippen LogP contribution < -0.4 is 13.8 Å². The van der Waals surface area contributed by atoms with Crippen LogP contribution in [0.3, 0.4) is 0 Å². The van der Waals surface area contributed by atoms with E-state index >= 15 is 0 Å². The fourth-order valence-corrected chi connectivity index (χ4v) is 11.6. The van der Waals surface area contributed by atoms with E-state index in [9.17, 15) is 14.6 Å². The Morgan fingerprint density at radius 1 is 0.625 bits per heavy atom. The third kappa shape index (κ3) is 20.2. The number of ketones is 1. The van der Waals surface area contributed by atoms with Crippen LogP contribution in [0.25, 0.3) is 0 Å². The minimum Gasteiger partial charge on any atom is -0.497 e. The summed E-state index contributed by atoms with van der Waals surface area (Å²) < 4.78 is 29.3. The molecule has 0 heterocycles. The van der Waals surface area contributed by atoms with Gasteiger partial charge in [-0.2, -0.15) is 0 Å². The zero-order valence-corrected chi connectivity index (χ0v) is 44.6. The first kappa shape index (κ1) is 58.3. The molecule has 0 spiro atoms. The Hall–Kier alpha value is -1.79. The molecule has 6 rings (SSSR count). The SMILES string of the molecule is CC.CC.CC(C)C1CCCCC1.CCC1CCCCC1.COc1ccc(C(=O)c2ccccc2OP(O)OC2CCCC[C@H]2C(C)C)c(OP(O)OC2CC(C)CCC2C(C)C)c1. The number of ether oxygens (including phenoxy) is 1. The molecule has 0 aromatic heterocycles. The molecule has 7 atom stereocenters. The van der Waals surface area contributed by atoms with Gasteiger partial charge in [0.2, 0.25) is 5.78 Å². The summed E-state index contributed by atoms with van der Waals surface area (Å²) >= 11 is 0. The van der Waals surface area contributed by atoms with Gasteiger partial charge in [0.25, 0.3) is 0 Å².